The summed E-state index contributed by atoms with van der Waals surface area (Å²) >= 11 is 0. The first kappa shape index (κ1) is 20.3. The van der Waals surface area contributed by atoms with Crippen LogP contribution in [0.4, 0.5) is 0 Å². The highest BCUT2D eigenvalue weighted by Gasteiger charge is 2.32. The second-order valence-electron chi connectivity index (χ2n) is 7.42. The fraction of sp³-hybridized carbons (Fsp3) is 0.273. The van der Waals surface area contributed by atoms with E-state index in [0.717, 1.165) is 24.0 Å². The van der Waals surface area contributed by atoms with Gasteiger partial charge in [-0.25, -0.2) is 8.42 Å². The Bertz CT molecular complexity index is 1070. The lowest BCUT2D eigenvalue weighted by molar-refractivity contribution is -0.121. The minimum absolute atomic E-state index is 0.117. The van der Waals surface area contributed by atoms with Crippen LogP contribution in [0.2, 0.25) is 0 Å². The molecule has 0 radical (unpaired) electrons. The summed E-state index contributed by atoms with van der Waals surface area (Å²) < 4.78 is 26.6. The number of sulfonamides is 1. The molecule has 2 aliphatic rings. The highest BCUT2D eigenvalue weighted by Crippen LogP contribution is 2.30. The normalized spacial score (nSPS) is 16.7. The van der Waals surface area contributed by atoms with Gasteiger partial charge in [-0.1, -0.05) is 36.9 Å². The molecule has 7 nitrogen and oxygen atoms in total. The van der Waals surface area contributed by atoms with E-state index in [0.29, 0.717) is 24.4 Å². The van der Waals surface area contributed by atoms with Crippen LogP contribution in [0.5, 0.6) is 0 Å². The Morgan fingerprint density at radius 3 is 2.27 bits per heavy atom. The first-order valence-corrected chi connectivity index (χ1v) is 11.3. The number of nitrogens with zero attached hydrogens (tertiary/aromatic N) is 2. The van der Waals surface area contributed by atoms with E-state index in [1.54, 1.807) is 36.4 Å². The molecule has 0 atom stereocenters. The molecule has 2 aromatic carbocycles. The Kier molecular flexibility index (Phi) is 5.44. The van der Waals surface area contributed by atoms with E-state index in [4.69, 9.17) is 0 Å². The van der Waals surface area contributed by atoms with Crippen LogP contribution < -0.4 is 5.32 Å². The standard InChI is InChI=1S/C22H23N3O4S/c1-16-19-6-2-3-7-20(19)22(27)25(16)15-21(26)23-14-17-8-10-18(11-9-17)30(28,29)24-12-4-5-13-24/h2-3,6-11H,1,4-5,12-15H2,(H,23,26). The van der Waals surface area contributed by atoms with Gasteiger partial charge < -0.3 is 5.32 Å². The predicted octanol–water partition coefficient (Wildman–Crippen LogP) is 2.21. The third-order valence-electron chi connectivity index (χ3n) is 5.46. The first-order chi connectivity index (χ1) is 14.4. The second-order valence-corrected chi connectivity index (χ2v) is 9.35. The Labute approximate surface area is 176 Å². The van der Waals surface area contributed by atoms with E-state index in [9.17, 15) is 18.0 Å². The minimum atomic E-state index is -3.45. The molecule has 8 heteroatoms. The zero-order valence-corrected chi connectivity index (χ0v) is 17.3. The van der Waals surface area contributed by atoms with Gasteiger partial charge in [0, 0.05) is 36.5 Å². The van der Waals surface area contributed by atoms with Gasteiger partial charge >= 0.3 is 0 Å². The maximum absolute atomic E-state index is 12.6. The summed E-state index contributed by atoms with van der Waals surface area (Å²) in [4.78, 5) is 26.5. The number of hydrogen-bond acceptors (Lipinski definition) is 4. The van der Waals surface area contributed by atoms with Crippen molar-refractivity contribution in [2.75, 3.05) is 19.6 Å². The number of hydrogen-bond donors (Lipinski definition) is 1. The van der Waals surface area contributed by atoms with Crippen molar-refractivity contribution in [1.29, 1.82) is 0 Å². The Hall–Kier alpha value is -2.97. The van der Waals surface area contributed by atoms with Crippen LogP contribution in [0.25, 0.3) is 5.70 Å². The summed E-state index contributed by atoms with van der Waals surface area (Å²) in [7, 11) is -3.45. The third kappa shape index (κ3) is 3.76. The van der Waals surface area contributed by atoms with Crippen molar-refractivity contribution in [3.05, 3.63) is 71.8 Å². The van der Waals surface area contributed by atoms with Crippen LogP contribution in [0.15, 0.2) is 60.0 Å². The van der Waals surface area contributed by atoms with E-state index in [1.165, 1.54) is 9.21 Å². The van der Waals surface area contributed by atoms with Crippen molar-refractivity contribution in [1.82, 2.24) is 14.5 Å². The van der Waals surface area contributed by atoms with E-state index in [1.807, 2.05) is 12.1 Å². The van der Waals surface area contributed by atoms with E-state index < -0.39 is 10.0 Å². The largest absolute Gasteiger partial charge is 0.350 e. The van der Waals surface area contributed by atoms with Gasteiger partial charge in [0.05, 0.1) is 4.90 Å². The van der Waals surface area contributed by atoms with Gasteiger partial charge in [0.2, 0.25) is 15.9 Å². The molecule has 2 heterocycles. The molecule has 0 spiro atoms. The molecule has 30 heavy (non-hydrogen) atoms. The Balaban J connectivity index is 1.35. The average molecular weight is 426 g/mol. The highest BCUT2D eigenvalue weighted by molar-refractivity contribution is 7.89. The SMILES string of the molecule is C=C1c2ccccc2C(=O)N1CC(=O)NCc1ccc(S(=O)(=O)N2CCCC2)cc1. The van der Waals surface area contributed by atoms with Crippen molar-refractivity contribution in [3.8, 4) is 0 Å². The van der Waals surface area contributed by atoms with Gasteiger partial charge in [-0.2, -0.15) is 4.31 Å². The van der Waals surface area contributed by atoms with Crippen LogP contribution in [-0.4, -0.2) is 49.1 Å². The molecule has 156 valence electrons. The van der Waals surface area contributed by atoms with E-state index in [2.05, 4.69) is 11.9 Å². The summed E-state index contributed by atoms with van der Waals surface area (Å²) in [6.07, 6.45) is 1.78. The van der Waals surface area contributed by atoms with Gasteiger partial charge in [0.15, 0.2) is 0 Å². The van der Waals surface area contributed by atoms with Crippen LogP contribution in [0, 0.1) is 0 Å². The van der Waals surface area contributed by atoms with Gasteiger partial charge in [0.1, 0.15) is 6.54 Å². The number of benzene rings is 2. The van der Waals surface area contributed by atoms with Crippen molar-refractivity contribution in [2.45, 2.75) is 24.3 Å². The zero-order chi connectivity index (χ0) is 21.3. The quantitative estimate of drug-likeness (QED) is 0.769. The Morgan fingerprint density at radius 1 is 1.00 bits per heavy atom. The summed E-state index contributed by atoms with van der Waals surface area (Å²) in [5.74, 6) is -0.548. The fourth-order valence-corrected chi connectivity index (χ4v) is 5.28. The summed E-state index contributed by atoms with van der Waals surface area (Å²) in [6.45, 7) is 5.17. The number of carbonyl (C=O) groups excluding carboxylic acids is 2. The van der Waals surface area contributed by atoms with Crippen LogP contribution in [0.1, 0.15) is 34.3 Å². The maximum Gasteiger partial charge on any atom is 0.259 e. The topological polar surface area (TPSA) is 86.8 Å². The van der Waals surface area contributed by atoms with Crippen LogP contribution >= 0.6 is 0 Å². The molecule has 2 aromatic rings. The number of rotatable bonds is 6. The lowest BCUT2D eigenvalue weighted by atomic mass is 10.1. The van der Waals surface area contributed by atoms with Crippen LogP contribution in [0.3, 0.4) is 0 Å². The number of nitrogens with one attached hydrogen (secondary N) is 1. The lowest BCUT2D eigenvalue weighted by Gasteiger charge is -2.17. The fourth-order valence-electron chi connectivity index (χ4n) is 3.76. The smallest absolute Gasteiger partial charge is 0.259 e. The Morgan fingerprint density at radius 2 is 1.63 bits per heavy atom. The summed E-state index contributed by atoms with van der Waals surface area (Å²) in [6, 6.07) is 13.7. The molecule has 0 saturated carbocycles. The number of carbonyl (C=O) groups is 2. The summed E-state index contributed by atoms with van der Waals surface area (Å²) in [5.41, 5.74) is 2.58. The van der Waals surface area contributed by atoms with Gasteiger partial charge in [-0.3, -0.25) is 14.5 Å². The van der Waals surface area contributed by atoms with Crippen molar-refractivity contribution in [3.63, 3.8) is 0 Å². The van der Waals surface area contributed by atoms with E-state index >= 15 is 0 Å². The van der Waals surface area contributed by atoms with Crippen molar-refractivity contribution < 1.29 is 18.0 Å². The van der Waals surface area contributed by atoms with Crippen molar-refractivity contribution in [2.24, 2.45) is 0 Å². The molecule has 0 aliphatic carbocycles. The molecule has 2 amide bonds. The summed E-state index contributed by atoms with van der Waals surface area (Å²) in [5, 5.41) is 2.77. The first-order valence-electron chi connectivity index (χ1n) is 9.84. The lowest BCUT2D eigenvalue weighted by Crippen LogP contribution is -2.36. The molecular formula is C22H23N3O4S. The molecule has 0 aromatic heterocycles. The average Bonchev–Trinajstić information content (AvgIpc) is 3.38. The minimum Gasteiger partial charge on any atom is -0.350 e. The van der Waals surface area contributed by atoms with Crippen molar-refractivity contribution >= 4 is 27.5 Å². The predicted molar refractivity (Wildman–Crippen MR) is 113 cm³/mol. The molecule has 2 aliphatic heterocycles. The highest BCUT2D eigenvalue weighted by atomic mass is 32.2. The van der Waals surface area contributed by atoms with E-state index in [-0.39, 0.29) is 29.8 Å². The number of fused-ring (bicyclic) bond motifs is 1. The molecule has 4 rings (SSSR count). The monoisotopic (exact) mass is 425 g/mol. The van der Waals surface area contributed by atoms with Gasteiger partial charge in [0.25, 0.3) is 5.91 Å². The molecular weight excluding hydrogens is 402 g/mol. The molecule has 0 unspecified atom stereocenters. The van der Waals surface area contributed by atoms with Crippen LogP contribution in [-0.2, 0) is 21.4 Å². The molecule has 1 N–H and O–H groups in total. The zero-order valence-electron chi connectivity index (χ0n) is 16.5. The second kappa shape index (κ2) is 8.04. The molecule has 1 saturated heterocycles. The molecule has 1 fully saturated rings. The van der Waals surface area contributed by atoms with Gasteiger partial charge in [-0.15, -0.1) is 0 Å². The maximum atomic E-state index is 12.6. The number of amides is 2. The molecule has 0 bridgehead atoms. The third-order valence-corrected chi connectivity index (χ3v) is 7.37. The van der Waals surface area contributed by atoms with Gasteiger partial charge in [-0.05, 0) is 36.6 Å².